The van der Waals surface area contributed by atoms with E-state index in [0.717, 1.165) is 64.0 Å². The molecule has 3 aromatic rings. The molecule has 0 saturated carbocycles. The lowest BCUT2D eigenvalue weighted by Gasteiger charge is -2.35. The fourth-order valence-corrected chi connectivity index (χ4v) is 6.95. The zero-order chi connectivity index (χ0) is 30.1. The summed E-state index contributed by atoms with van der Waals surface area (Å²) in [6.07, 6.45) is 6.18. The fourth-order valence-electron chi connectivity index (χ4n) is 5.87. The normalized spacial score (nSPS) is 14.6. The van der Waals surface area contributed by atoms with Crippen LogP contribution in [0.2, 0.25) is 0 Å². The summed E-state index contributed by atoms with van der Waals surface area (Å²) < 4.78 is 16.6. The molecule has 1 fully saturated rings. The number of nitrogens with zero attached hydrogens (tertiary/aromatic N) is 2. The summed E-state index contributed by atoms with van der Waals surface area (Å²) in [5.74, 6) is 2.64. The smallest absolute Gasteiger partial charge is 0.222 e. The van der Waals surface area contributed by atoms with Crippen LogP contribution in [0.15, 0.2) is 42.5 Å². The number of thiophene rings is 1. The van der Waals surface area contributed by atoms with E-state index in [1.165, 1.54) is 32.9 Å². The van der Waals surface area contributed by atoms with Gasteiger partial charge in [-0.3, -0.25) is 9.69 Å². The second-order valence-corrected chi connectivity index (χ2v) is 12.9. The number of aryl methyl sites for hydroxylation is 5. The molecule has 1 aliphatic rings. The lowest BCUT2D eigenvalue weighted by atomic mass is 10.00. The number of rotatable bonds is 14. The number of hydrogen-bond acceptors (Lipinski definition) is 6. The number of benzene rings is 2. The molecule has 0 spiro atoms. The van der Waals surface area contributed by atoms with E-state index in [1.807, 2.05) is 28.4 Å². The van der Waals surface area contributed by atoms with Gasteiger partial charge < -0.3 is 19.1 Å². The van der Waals surface area contributed by atoms with E-state index in [-0.39, 0.29) is 5.91 Å². The van der Waals surface area contributed by atoms with E-state index in [1.54, 1.807) is 21.3 Å². The number of methoxy groups -OCH3 is 3. The molecule has 1 aromatic heterocycles. The Balaban J connectivity index is 1.17. The second-order valence-electron chi connectivity index (χ2n) is 11.6. The van der Waals surface area contributed by atoms with Gasteiger partial charge in [-0.05, 0) is 81.2 Å². The van der Waals surface area contributed by atoms with Crippen LogP contribution in [0.5, 0.6) is 17.2 Å². The third kappa shape index (κ3) is 8.51. The van der Waals surface area contributed by atoms with Crippen LogP contribution in [-0.2, 0) is 30.6 Å². The van der Waals surface area contributed by atoms with Crippen molar-refractivity contribution in [3.8, 4) is 17.2 Å². The highest BCUT2D eigenvalue weighted by Gasteiger charge is 2.24. The van der Waals surface area contributed by atoms with Gasteiger partial charge in [0.25, 0.3) is 0 Å². The summed E-state index contributed by atoms with van der Waals surface area (Å²) in [5.41, 5.74) is 5.26. The van der Waals surface area contributed by atoms with Crippen LogP contribution in [-0.4, -0.2) is 63.2 Å². The van der Waals surface area contributed by atoms with E-state index < -0.39 is 0 Å². The molecule has 2 heterocycles. The van der Waals surface area contributed by atoms with Crippen molar-refractivity contribution < 1.29 is 19.0 Å². The molecule has 0 aliphatic carbocycles. The zero-order valence-corrected chi connectivity index (χ0v) is 27.1. The molecule has 0 bridgehead atoms. The first-order valence-electron chi connectivity index (χ1n) is 15.2. The first-order valence-corrected chi connectivity index (χ1v) is 16.0. The van der Waals surface area contributed by atoms with Gasteiger partial charge in [-0.2, -0.15) is 0 Å². The Bertz CT molecular complexity index is 1310. The summed E-state index contributed by atoms with van der Waals surface area (Å²) >= 11 is 1.95. The number of carbonyl (C=O) groups is 1. The minimum atomic E-state index is 0.282. The van der Waals surface area contributed by atoms with E-state index >= 15 is 0 Å². The van der Waals surface area contributed by atoms with Gasteiger partial charge in [-0.1, -0.05) is 36.8 Å². The lowest BCUT2D eigenvalue weighted by Crippen LogP contribution is -2.48. The summed E-state index contributed by atoms with van der Waals surface area (Å²) in [7, 11) is 4.91. The largest absolute Gasteiger partial charge is 0.493 e. The average molecular weight is 593 g/mol. The summed E-state index contributed by atoms with van der Waals surface area (Å²) in [5, 5.41) is 0. The van der Waals surface area contributed by atoms with Crippen molar-refractivity contribution in [1.82, 2.24) is 9.80 Å². The van der Waals surface area contributed by atoms with Crippen LogP contribution in [0.1, 0.15) is 58.2 Å². The highest BCUT2D eigenvalue weighted by molar-refractivity contribution is 7.11. The van der Waals surface area contributed by atoms with Gasteiger partial charge >= 0.3 is 0 Å². The van der Waals surface area contributed by atoms with Gasteiger partial charge in [0.15, 0.2) is 11.5 Å². The van der Waals surface area contributed by atoms with E-state index in [4.69, 9.17) is 14.2 Å². The Morgan fingerprint density at radius 2 is 1.52 bits per heavy atom. The SMILES string of the molecule is COc1ccc(CN2CCN(C(=O)CC(C)CCc3ccc(CCCc4ccc(C)cc4C)s3)CC2)c(OC)c1OC. The molecule has 4 rings (SSSR count). The van der Waals surface area contributed by atoms with Crippen LogP contribution in [0.25, 0.3) is 0 Å². The van der Waals surface area contributed by atoms with E-state index in [9.17, 15) is 4.79 Å². The number of ether oxygens (including phenoxy) is 3. The molecule has 7 heteroatoms. The maximum absolute atomic E-state index is 13.1. The highest BCUT2D eigenvalue weighted by atomic mass is 32.1. The Hall–Kier alpha value is -3.03. The van der Waals surface area contributed by atoms with Crippen LogP contribution in [0, 0.1) is 19.8 Å². The van der Waals surface area contributed by atoms with Gasteiger partial charge in [0, 0.05) is 54.5 Å². The molecule has 1 unspecified atom stereocenters. The monoisotopic (exact) mass is 592 g/mol. The van der Waals surface area contributed by atoms with Gasteiger partial charge in [0.2, 0.25) is 11.7 Å². The highest BCUT2D eigenvalue weighted by Crippen LogP contribution is 2.40. The molecule has 0 N–H and O–H groups in total. The maximum atomic E-state index is 13.1. The predicted molar refractivity (Wildman–Crippen MR) is 172 cm³/mol. The fraction of sp³-hybridized carbons (Fsp3) is 0.514. The quantitative estimate of drug-likeness (QED) is 0.205. The Kier molecular flexibility index (Phi) is 11.7. The number of carbonyl (C=O) groups excluding carboxylic acids is 1. The zero-order valence-electron chi connectivity index (χ0n) is 26.3. The van der Waals surface area contributed by atoms with Crippen molar-refractivity contribution in [3.05, 3.63) is 74.5 Å². The van der Waals surface area contributed by atoms with Crippen LogP contribution < -0.4 is 14.2 Å². The molecule has 1 atom stereocenters. The Morgan fingerprint density at radius 3 is 2.19 bits per heavy atom. The standard InChI is InChI=1S/C35H48N2O4S/c1-25-10-12-28(27(3)22-25)8-7-9-30-15-16-31(42-30)14-11-26(2)23-33(38)37-20-18-36(19-21-37)24-29-13-17-32(39-4)35(41-6)34(29)40-5/h10,12-13,15-17,22,26H,7-9,11,14,18-21,23-24H2,1-6H3. The van der Waals surface area contributed by atoms with Crippen molar-refractivity contribution in [2.24, 2.45) is 5.92 Å². The first kappa shape index (κ1) is 31.9. The van der Waals surface area contributed by atoms with Crippen molar-refractivity contribution in [3.63, 3.8) is 0 Å². The van der Waals surface area contributed by atoms with Crippen molar-refractivity contribution >= 4 is 17.2 Å². The van der Waals surface area contributed by atoms with E-state index in [0.29, 0.717) is 29.6 Å². The lowest BCUT2D eigenvalue weighted by molar-refractivity contribution is -0.134. The summed E-state index contributed by atoms with van der Waals surface area (Å²) in [6, 6.07) is 15.3. The maximum Gasteiger partial charge on any atom is 0.222 e. The molecular weight excluding hydrogens is 544 g/mol. The topological polar surface area (TPSA) is 51.2 Å². The molecule has 0 radical (unpaired) electrons. The number of piperazine rings is 1. The van der Waals surface area contributed by atoms with Crippen molar-refractivity contribution in [2.45, 2.75) is 65.8 Å². The molecule has 2 aromatic carbocycles. The Morgan fingerprint density at radius 1 is 0.833 bits per heavy atom. The Labute approximate surface area is 256 Å². The molecule has 228 valence electrons. The summed E-state index contributed by atoms with van der Waals surface area (Å²) in [4.78, 5) is 20.4. The summed E-state index contributed by atoms with van der Waals surface area (Å²) in [6.45, 7) is 10.6. The molecular formula is C35H48N2O4S. The van der Waals surface area contributed by atoms with Crippen LogP contribution >= 0.6 is 11.3 Å². The first-order chi connectivity index (χ1) is 20.3. The molecule has 6 nitrogen and oxygen atoms in total. The third-order valence-corrected chi connectivity index (χ3v) is 9.60. The molecule has 1 aliphatic heterocycles. The third-order valence-electron chi connectivity index (χ3n) is 8.40. The molecule has 1 amide bonds. The average Bonchev–Trinajstić information content (AvgIpc) is 3.44. The number of amides is 1. The predicted octanol–water partition coefficient (Wildman–Crippen LogP) is 6.87. The molecule has 1 saturated heterocycles. The van der Waals surface area contributed by atoms with Crippen molar-refractivity contribution in [1.29, 1.82) is 0 Å². The number of hydrogen-bond donors (Lipinski definition) is 0. The van der Waals surface area contributed by atoms with Crippen LogP contribution in [0.3, 0.4) is 0 Å². The second kappa shape index (κ2) is 15.4. The molecule has 42 heavy (non-hydrogen) atoms. The van der Waals surface area contributed by atoms with Gasteiger partial charge in [0.05, 0.1) is 21.3 Å². The van der Waals surface area contributed by atoms with Gasteiger partial charge in [-0.15, -0.1) is 11.3 Å². The minimum Gasteiger partial charge on any atom is -0.493 e. The van der Waals surface area contributed by atoms with Crippen molar-refractivity contribution in [2.75, 3.05) is 47.5 Å². The van der Waals surface area contributed by atoms with Gasteiger partial charge in [-0.25, -0.2) is 0 Å². The van der Waals surface area contributed by atoms with Crippen LogP contribution in [0.4, 0.5) is 0 Å². The van der Waals surface area contributed by atoms with E-state index in [2.05, 4.69) is 56.0 Å². The minimum absolute atomic E-state index is 0.282. The van der Waals surface area contributed by atoms with Gasteiger partial charge in [0.1, 0.15) is 0 Å².